The maximum atomic E-state index is 10.7. The predicted molar refractivity (Wildman–Crippen MR) is 44.0 cm³/mol. The number of methoxy groups -OCH3 is 1. The molecule has 0 saturated carbocycles. The van der Waals surface area contributed by atoms with Gasteiger partial charge in [0.15, 0.2) is 0 Å². The minimum Gasteiger partial charge on any atom is -0.441 e. The normalized spacial score (nSPS) is 28.3. The Kier molecular flexibility index (Phi) is 2.92. The van der Waals surface area contributed by atoms with Gasteiger partial charge >= 0.3 is 6.09 Å². The largest absolute Gasteiger partial charge is 0.441 e. The summed E-state index contributed by atoms with van der Waals surface area (Å²) in [6.45, 7) is 3.25. The van der Waals surface area contributed by atoms with Crippen LogP contribution in [0.4, 0.5) is 4.79 Å². The maximum Gasteiger partial charge on any atom is 0.407 e. The van der Waals surface area contributed by atoms with Crippen LogP contribution in [0.15, 0.2) is 0 Å². The highest BCUT2D eigenvalue weighted by Gasteiger charge is 2.34. The zero-order valence-electron chi connectivity index (χ0n) is 7.55. The molecule has 1 rings (SSSR count). The van der Waals surface area contributed by atoms with Gasteiger partial charge in [-0.2, -0.15) is 0 Å². The maximum absolute atomic E-state index is 10.7. The molecule has 1 unspecified atom stereocenters. The van der Waals surface area contributed by atoms with Crippen LogP contribution >= 0.6 is 0 Å². The van der Waals surface area contributed by atoms with Crippen molar-refractivity contribution in [3.63, 3.8) is 0 Å². The molecule has 0 radical (unpaired) electrons. The lowest BCUT2D eigenvalue weighted by Crippen LogP contribution is -2.29. The van der Waals surface area contributed by atoms with E-state index in [1.54, 1.807) is 7.11 Å². The lowest BCUT2D eigenvalue weighted by atomic mass is 10.0. The second-order valence-electron chi connectivity index (χ2n) is 3.29. The van der Waals surface area contributed by atoms with E-state index in [4.69, 9.17) is 9.47 Å². The first-order valence-electron chi connectivity index (χ1n) is 4.12. The quantitative estimate of drug-likeness (QED) is 0.643. The van der Waals surface area contributed by atoms with E-state index >= 15 is 0 Å². The molecule has 1 aliphatic heterocycles. The molecular formula is C8H15NO3. The molecule has 0 aromatic rings. The fraction of sp³-hybridized carbons (Fsp3) is 0.875. The van der Waals surface area contributed by atoms with E-state index in [2.05, 4.69) is 5.32 Å². The van der Waals surface area contributed by atoms with Crippen LogP contribution in [-0.4, -0.2) is 32.0 Å². The molecule has 1 heterocycles. The second-order valence-corrected chi connectivity index (χ2v) is 3.29. The van der Waals surface area contributed by atoms with Gasteiger partial charge in [0.2, 0.25) is 0 Å². The molecule has 1 atom stereocenters. The first-order valence-corrected chi connectivity index (χ1v) is 4.12. The Labute approximate surface area is 72.2 Å². The Balaban J connectivity index is 2.25. The number of hydrogen-bond donors (Lipinski definition) is 1. The van der Waals surface area contributed by atoms with Crippen molar-refractivity contribution >= 4 is 6.09 Å². The topological polar surface area (TPSA) is 47.6 Å². The Hall–Kier alpha value is -0.770. The van der Waals surface area contributed by atoms with Gasteiger partial charge in [0.1, 0.15) is 5.60 Å². The molecule has 0 bridgehead atoms. The van der Waals surface area contributed by atoms with Crippen molar-refractivity contribution in [2.75, 3.05) is 20.3 Å². The van der Waals surface area contributed by atoms with Crippen LogP contribution in [0.25, 0.3) is 0 Å². The van der Waals surface area contributed by atoms with Gasteiger partial charge < -0.3 is 14.8 Å². The number of cyclic esters (lactones) is 1. The molecule has 0 spiro atoms. The number of rotatable bonds is 4. The molecule has 1 saturated heterocycles. The number of carbonyl (C=O) groups excluding carboxylic acids is 1. The monoisotopic (exact) mass is 173 g/mol. The van der Waals surface area contributed by atoms with Crippen LogP contribution in [0.2, 0.25) is 0 Å². The fourth-order valence-electron chi connectivity index (χ4n) is 1.28. The summed E-state index contributed by atoms with van der Waals surface area (Å²) in [6.07, 6.45) is 1.46. The van der Waals surface area contributed by atoms with E-state index in [9.17, 15) is 4.79 Å². The number of ether oxygens (including phenoxy) is 2. The first kappa shape index (κ1) is 9.32. The first-order chi connectivity index (χ1) is 5.66. The summed E-state index contributed by atoms with van der Waals surface area (Å²) in [5.74, 6) is 0. The minimum absolute atomic E-state index is 0.310. The van der Waals surface area contributed by atoms with E-state index in [-0.39, 0.29) is 11.7 Å². The van der Waals surface area contributed by atoms with Gasteiger partial charge in [-0.25, -0.2) is 4.79 Å². The fourth-order valence-corrected chi connectivity index (χ4v) is 1.28. The summed E-state index contributed by atoms with van der Waals surface area (Å²) in [7, 11) is 1.67. The highest BCUT2D eigenvalue weighted by molar-refractivity contribution is 5.70. The minimum atomic E-state index is -0.324. The van der Waals surface area contributed by atoms with Crippen molar-refractivity contribution in [2.45, 2.75) is 25.4 Å². The average Bonchev–Trinajstić information content (AvgIpc) is 2.32. The van der Waals surface area contributed by atoms with Crippen LogP contribution in [0.3, 0.4) is 0 Å². The smallest absolute Gasteiger partial charge is 0.407 e. The van der Waals surface area contributed by atoms with Crippen LogP contribution in [0.5, 0.6) is 0 Å². The molecule has 0 aromatic heterocycles. The number of nitrogens with one attached hydrogen (secondary N) is 1. The molecule has 0 aromatic carbocycles. The van der Waals surface area contributed by atoms with Crippen LogP contribution in [-0.2, 0) is 9.47 Å². The third-order valence-corrected chi connectivity index (χ3v) is 2.00. The number of alkyl carbamates (subject to hydrolysis) is 1. The molecule has 4 heteroatoms. The molecule has 12 heavy (non-hydrogen) atoms. The molecule has 1 aliphatic rings. The molecule has 1 fully saturated rings. The van der Waals surface area contributed by atoms with Crippen molar-refractivity contribution in [1.82, 2.24) is 5.32 Å². The van der Waals surface area contributed by atoms with E-state index in [0.29, 0.717) is 13.2 Å². The summed E-state index contributed by atoms with van der Waals surface area (Å²) < 4.78 is 10.0. The van der Waals surface area contributed by atoms with Crippen LogP contribution < -0.4 is 5.32 Å². The summed E-state index contributed by atoms with van der Waals surface area (Å²) in [5.41, 5.74) is -0.324. The highest BCUT2D eigenvalue weighted by atomic mass is 16.6. The lowest BCUT2D eigenvalue weighted by molar-refractivity contribution is 0.0559. The highest BCUT2D eigenvalue weighted by Crippen LogP contribution is 2.20. The number of amides is 1. The van der Waals surface area contributed by atoms with Crippen molar-refractivity contribution in [1.29, 1.82) is 0 Å². The zero-order chi connectivity index (χ0) is 9.03. The Morgan fingerprint density at radius 2 is 2.50 bits per heavy atom. The number of hydrogen-bond acceptors (Lipinski definition) is 3. The van der Waals surface area contributed by atoms with Crippen LogP contribution in [0, 0.1) is 0 Å². The molecule has 70 valence electrons. The summed E-state index contributed by atoms with van der Waals surface area (Å²) in [5, 5.41) is 2.64. The van der Waals surface area contributed by atoms with Gasteiger partial charge in [-0.05, 0) is 19.8 Å². The Morgan fingerprint density at radius 1 is 1.75 bits per heavy atom. The van der Waals surface area contributed by atoms with Gasteiger partial charge in [0, 0.05) is 13.7 Å². The van der Waals surface area contributed by atoms with E-state index in [1.807, 2.05) is 6.92 Å². The Bertz CT molecular complexity index is 172. The third kappa shape index (κ3) is 2.37. The zero-order valence-corrected chi connectivity index (χ0v) is 7.55. The van der Waals surface area contributed by atoms with Crippen molar-refractivity contribution in [2.24, 2.45) is 0 Å². The molecule has 1 N–H and O–H groups in total. The molecule has 1 amide bonds. The Morgan fingerprint density at radius 3 is 3.00 bits per heavy atom. The number of carbonyl (C=O) groups is 1. The van der Waals surface area contributed by atoms with Gasteiger partial charge in [-0.1, -0.05) is 0 Å². The standard InChI is InChI=1S/C8H15NO3/c1-8(4-3-5-11-2)6-9-7(10)12-8/h3-6H2,1-2H3,(H,9,10). The van der Waals surface area contributed by atoms with E-state index < -0.39 is 0 Å². The van der Waals surface area contributed by atoms with Crippen LogP contribution in [0.1, 0.15) is 19.8 Å². The van der Waals surface area contributed by atoms with E-state index in [0.717, 1.165) is 12.8 Å². The van der Waals surface area contributed by atoms with E-state index in [1.165, 1.54) is 0 Å². The van der Waals surface area contributed by atoms with Gasteiger partial charge in [0.05, 0.1) is 6.54 Å². The third-order valence-electron chi connectivity index (χ3n) is 2.00. The predicted octanol–water partition coefficient (Wildman–Crippen LogP) is 0.912. The molecule has 0 aliphatic carbocycles. The summed E-state index contributed by atoms with van der Waals surface area (Å²) in [6, 6.07) is 0. The lowest BCUT2D eigenvalue weighted by Gasteiger charge is -2.20. The summed E-state index contributed by atoms with van der Waals surface area (Å²) >= 11 is 0. The summed E-state index contributed by atoms with van der Waals surface area (Å²) in [4.78, 5) is 10.7. The van der Waals surface area contributed by atoms with Crippen molar-refractivity contribution < 1.29 is 14.3 Å². The average molecular weight is 173 g/mol. The van der Waals surface area contributed by atoms with Gasteiger partial charge in [0.25, 0.3) is 0 Å². The van der Waals surface area contributed by atoms with Gasteiger partial charge in [-0.3, -0.25) is 0 Å². The van der Waals surface area contributed by atoms with Crippen molar-refractivity contribution in [3.05, 3.63) is 0 Å². The SMILES string of the molecule is COCCCC1(C)CNC(=O)O1. The molecular weight excluding hydrogens is 158 g/mol. The molecule has 4 nitrogen and oxygen atoms in total. The second kappa shape index (κ2) is 3.76. The van der Waals surface area contributed by atoms with Crippen molar-refractivity contribution in [3.8, 4) is 0 Å². The van der Waals surface area contributed by atoms with Gasteiger partial charge in [-0.15, -0.1) is 0 Å².